The highest BCUT2D eigenvalue weighted by Crippen LogP contribution is 2.48. The molecule has 2 unspecified atom stereocenters. The Morgan fingerprint density at radius 2 is 1.89 bits per heavy atom. The average Bonchev–Trinajstić information content (AvgIpc) is 3.18. The van der Waals surface area contributed by atoms with Crippen molar-refractivity contribution in [3.05, 3.63) is 69.3 Å². The molecular weight excluding hydrogens is 340 g/mol. The molecule has 2 aromatic rings. The van der Waals surface area contributed by atoms with E-state index in [1.807, 2.05) is 38.1 Å². The third-order valence-electron chi connectivity index (χ3n) is 5.98. The normalized spacial score (nSPS) is 23.1. The van der Waals surface area contributed by atoms with E-state index in [1.165, 1.54) is 7.11 Å². The van der Waals surface area contributed by atoms with Gasteiger partial charge >= 0.3 is 5.97 Å². The minimum atomic E-state index is -0.959. The zero-order valence-corrected chi connectivity index (χ0v) is 16.0. The number of rotatable bonds is 2. The number of Topliss-reactive ketones (excluding diaryl/α,β-unsaturated/α-hetero) is 1. The number of methoxy groups -OCH3 is 1. The molecule has 0 radical (unpaired) electrons. The predicted molar refractivity (Wildman–Crippen MR) is 102 cm³/mol. The molecule has 0 saturated carbocycles. The van der Waals surface area contributed by atoms with Crippen LogP contribution in [0.25, 0.3) is 0 Å². The lowest BCUT2D eigenvalue weighted by atomic mass is 9.75. The van der Waals surface area contributed by atoms with E-state index >= 15 is 0 Å². The molecule has 138 valence electrons. The molecule has 5 heteroatoms. The van der Waals surface area contributed by atoms with Gasteiger partial charge in [0.2, 0.25) is 0 Å². The highest BCUT2D eigenvalue weighted by atomic mass is 16.5. The van der Waals surface area contributed by atoms with Crippen molar-refractivity contribution in [2.24, 2.45) is 10.2 Å². The van der Waals surface area contributed by atoms with Gasteiger partial charge in [-0.15, -0.1) is 0 Å². The first-order valence-corrected chi connectivity index (χ1v) is 9.10. The summed E-state index contributed by atoms with van der Waals surface area (Å²) in [7, 11) is 1.37. The van der Waals surface area contributed by atoms with E-state index < -0.39 is 5.54 Å². The molecule has 2 atom stereocenters. The van der Waals surface area contributed by atoms with Crippen LogP contribution >= 0.6 is 0 Å². The second kappa shape index (κ2) is 6.12. The molecule has 0 saturated heterocycles. The molecular formula is C22H22N2O3. The molecule has 0 aromatic heterocycles. The van der Waals surface area contributed by atoms with Gasteiger partial charge in [0.1, 0.15) is 0 Å². The fourth-order valence-electron chi connectivity index (χ4n) is 4.39. The van der Waals surface area contributed by atoms with Crippen molar-refractivity contribution in [1.29, 1.82) is 0 Å². The quantitative estimate of drug-likeness (QED) is 0.755. The van der Waals surface area contributed by atoms with Crippen LogP contribution in [0.3, 0.4) is 0 Å². The first-order chi connectivity index (χ1) is 12.9. The van der Waals surface area contributed by atoms with E-state index in [0.717, 1.165) is 33.4 Å². The number of carbonyl (C=O) groups excluding carboxylic acids is 2. The molecule has 0 amide bonds. The molecule has 4 rings (SSSR count). The summed E-state index contributed by atoms with van der Waals surface area (Å²) in [6.45, 7) is 6.33. The van der Waals surface area contributed by atoms with Crippen LogP contribution in [-0.2, 0) is 11.2 Å². The molecule has 0 N–H and O–H groups in total. The van der Waals surface area contributed by atoms with Crippen molar-refractivity contribution in [2.45, 2.75) is 38.6 Å². The van der Waals surface area contributed by atoms with Crippen molar-refractivity contribution in [3.8, 4) is 0 Å². The highest BCUT2D eigenvalue weighted by Gasteiger charge is 2.55. The second-order valence-corrected chi connectivity index (χ2v) is 7.53. The number of fused-ring (bicyclic) bond motifs is 1. The summed E-state index contributed by atoms with van der Waals surface area (Å²) in [5, 5.41) is 8.72. The summed E-state index contributed by atoms with van der Waals surface area (Å²) >= 11 is 0. The molecule has 1 heterocycles. The lowest BCUT2D eigenvalue weighted by molar-refractivity contribution is 0.0596. The zero-order chi connectivity index (χ0) is 19.3. The van der Waals surface area contributed by atoms with E-state index in [-0.39, 0.29) is 17.7 Å². The maximum atomic E-state index is 13.4. The Labute approximate surface area is 158 Å². The molecule has 2 aromatic carbocycles. The summed E-state index contributed by atoms with van der Waals surface area (Å²) < 4.78 is 5.00. The van der Waals surface area contributed by atoms with Gasteiger partial charge in [-0.25, -0.2) is 4.79 Å². The Morgan fingerprint density at radius 3 is 2.63 bits per heavy atom. The van der Waals surface area contributed by atoms with Crippen LogP contribution < -0.4 is 0 Å². The number of azo groups is 1. The lowest BCUT2D eigenvalue weighted by Gasteiger charge is -2.27. The van der Waals surface area contributed by atoms with Crippen LogP contribution in [0, 0.1) is 20.8 Å². The third kappa shape index (κ3) is 2.45. The van der Waals surface area contributed by atoms with Crippen LogP contribution in [0.4, 0.5) is 0 Å². The molecule has 5 nitrogen and oxygen atoms in total. The predicted octanol–water partition coefficient (Wildman–Crippen LogP) is 4.13. The van der Waals surface area contributed by atoms with Gasteiger partial charge in [-0.2, -0.15) is 10.2 Å². The summed E-state index contributed by atoms with van der Waals surface area (Å²) in [6, 6.07) is 9.73. The van der Waals surface area contributed by atoms with Crippen LogP contribution in [0.15, 0.2) is 40.6 Å². The highest BCUT2D eigenvalue weighted by molar-refractivity contribution is 6.09. The maximum absolute atomic E-state index is 13.4. The summed E-state index contributed by atoms with van der Waals surface area (Å²) in [4.78, 5) is 25.9. The van der Waals surface area contributed by atoms with Crippen molar-refractivity contribution < 1.29 is 14.3 Å². The topological polar surface area (TPSA) is 68.1 Å². The first-order valence-electron chi connectivity index (χ1n) is 9.10. The number of hydrogen-bond donors (Lipinski definition) is 0. The van der Waals surface area contributed by atoms with Gasteiger partial charge in [-0.05, 0) is 54.7 Å². The number of carbonyl (C=O) groups is 2. The molecule has 0 fully saturated rings. The number of ether oxygens (including phenoxy) is 1. The first kappa shape index (κ1) is 17.6. The second-order valence-electron chi connectivity index (χ2n) is 7.53. The molecule has 2 aliphatic rings. The van der Waals surface area contributed by atoms with E-state index in [1.54, 1.807) is 0 Å². The van der Waals surface area contributed by atoms with Crippen LogP contribution in [0.5, 0.6) is 0 Å². The van der Waals surface area contributed by atoms with Gasteiger partial charge in [0.25, 0.3) is 0 Å². The van der Waals surface area contributed by atoms with Gasteiger partial charge in [0, 0.05) is 17.9 Å². The minimum absolute atomic E-state index is 0.00386. The Balaban J connectivity index is 1.85. The number of esters is 1. The molecule has 1 aliphatic heterocycles. The van der Waals surface area contributed by atoms with Crippen LogP contribution in [0.2, 0.25) is 0 Å². The standard InChI is InChI=1S/C22H22N2O3/c1-12-6-5-7-16(19(12)21(26)27-4)18-11-23-24-22(18)10-15-8-13(2)14(3)9-17(15)20(22)25/h5-9,18H,10-11H2,1-4H3. The lowest BCUT2D eigenvalue weighted by Crippen LogP contribution is -2.39. The number of ketones is 1. The minimum Gasteiger partial charge on any atom is -0.465 e. The van der Waals surface area contributed by atoms with E-state index in [2.05, 4.69) is 23.2 Å². The van der Waals surface area contributed by atoms with E-state index in [4.69, 9.17) is 4.74 Å². The summed E-state index contributed by atoms with van der Waals surface area (Å²) in [5.74, 6) is -0.656. The van der Waals surface area contributed by atoms with Crippen molar-refractivity contribution in [2.75, 3.05) is 13.7 Å². The fourth-order valence-corrected chi connectivity index (χ4v) is 4.39. The number of benzene rings is 2. The monoisotopic (exact) mass is 362 g/mol. The van der Waals surface area contributed by atoms with Crippen molar-refractivity contribution in [3.63, 3.8) is 0 Å². The van der Waals surface area contributed by atoms with Crippen molar-refractivity contribution in [1.82, 2.24) is 0 Å². The smallest absolute Gasteiger partial charge is 0.338 e. The van der Waals surface area contributed by atoms with Gasteiger partial charge in [-0.1, -0.05) is 24.3 Å². The maximum Gasteiger partial charge on any atom is 0.338 e. The van der Waals surface area contributed by atoms with E-state index in [0.29, 0.717) is 18.5 Å². The molecule has 1 spiro atoms. The number of nitrogens with zero attached hydrogens (tertiary/aromatic N) is 2. The van der Waals surface area contributed by atoms with Gasteiger partial charge in [0.15, 0.2) is 11.3 Å². The largest absolute Gasteiger partial charge is 0.465 e. The molecule has 0 bridgehead atoms. The third-order valence-corrected chi connectivity index (χ3v) is 5.98. The van der Waals surface area contributed by atoms with Crippen LogP contribution in [0.1, 0.15) is 54.5 Å². The Morgan fingerprint density at radius 1 is 1.15 bits per heavy atom. The fraction of sp³-hybridized carbons (Fsp3) is 0.364. The van der Waals surface area contributed by atoms with Crippen molar-refractivity contribution >= 4 is 11.8 Å². The summed E-state index contributed by atoms with van der Waals surface area (Å²) in [6.07, 6.45) is 0.519. The molecule has 1 aliphatic carbocycles. The Hall–Kier alpha value is -2.82. The summed E-state index contributed by atoms with van der Waals surface area (Å²) in [5.41, 5.74) is 5.19. The SMILES string of the molecule is COC(=O)c1c(C)cccc1C1CN=NC12Cc1cc(C)c(C)cc1C2=O. The zero-order valence-electron chi connectivity index (χ0n) is 16.0. The number of aryl methyl sites for hydroxylation is 3. The van der Waals surface area contributed by atoms with Crippen LogP contribution in [-0.4, -0.2) is 30.9 Å². The molecule has 27 heavy (non-hydrogen) atoms. The number of hydrogen-bond acceptors (Lipinski definition) is 5. The van der Waals surface area contributed by atoms with Gasteiger partial charge in [-0.3, -0.25) is 4.79 Å². The Kier molecular flexibility index (Phi) is 3.98. The van der Waals surface area contributed by atoms with E-state index in [9.17, 15) is 9.59 Å². The van der Waals surface area contributed by atoms with Gasteiger partial charge in [0.05, 0.1) is 19.2 Å². The Bertz CT molecular complexity index is 1010. The average molecular weight is 362 g/mol. The van der Waals surface area contributed by atoms with Gasteiger partial charge < -0.3 is 4.74 Å².